The maximum Gasteiger partial charge on any atom is 0.356 e. The number of aromatic nitrogens is 1. The lowest BCUT2D eigenvalue weighted by molar-refractivity contribution is 0.0593. The quantitative estimate of drug-likeness (QED) is 0.434. The van der Waals surface area contributed by atoms with Crippen LogP contribution in [-0.4, -0.2) is 45.4 Å². The molecule has 2 aromatic carbocycles. The number of halogens is 1. The lowest BCUT2D eigenvalue weighted by Crippen LogP contribution is -2.30. The highest BCUT2D eigenvalue weighted by molar-refractivity contribution is 7.90. The first kappa shape index (κ1) is 25.7. The van der Waals surface area contributed by atoms with Gasteiger partial charge in [-0.15, -0.1) is 0 Å². The number of nitrogens with zero attached hydrogens (tertiary/aromatic N) is 1. The molecule has 2 amide bonds. The molecule has 0 aliphatic rings. The maximum atomic E-state index is 12.6. The molecule has 0 radical (unpaired) electrons. The van der Waals surface area contributed by atoms with Crippen molar-refractivity contribution < 1.29 is 32.3 Å². The molecule has 1 aromatic heterocycles. The zero-order chi connectivity index (χ0) is 25.6. The molecule has 0 aliphatic carbocycles. The van der Waals surface area contributed by atoms with Gasteiger partial charge in [-0.1, -0.05) is 23.7 Å². The highest BCUT2D eigenvalue weighted by Crippen LogP contribution is 2.22. The van der Waals surface area contributed by atoms with Crippen LogP contribution < -0.4 is 14.8 Å². The number of hydrogen-bond donors (Lipinski definition) is 2. The first-order valence-corrected chi connectivity index (χ1v) is 11.8. The fraction of sp³-hybridized carbons (Fsp3) is 0.130. The molecule has 0 atom stereocenters. The summed E-state index contributed by atoms with van der Waals surface area (Å²) in [5.74, 6) is -1.66. The molecule has 3 rings (SSSR count). The minimum absolute atomic E-state index is 0.0246. The number of methoxy groups -OCH3 is 2. The Kier molecular flexibility index (Phi) is 8.05. The average Bonchev–Trinajstić information content (AvgIpc) is 2.86. The molecule has 3 aromatic rings. The van der Waals surface area contributed by atoms with E-state index < -0.39 is 27.8 Å². The Morgan fingerprint density at radius 1 is 0.971 bits per heavy atom. The molecular formula is C23H20ClN3O7S. The van der Waals surface area contributed by atoms with Gasteiger partial charge in [-0.2, -0.15) is 0 Å². The molecule has 1 heterocycles. The molecule has 2 N–H and O–H groups in total. The molecule has 10 nitrogen and oxygen atoms in total. The van der Waals surface area contributed by atoms with Crippen LogP contribution in [0.15, 0.2) is 65.7 Å². The van der Waals surface area contributed by atoms with Gasteiger partial charge in [0.15, 0.2) is 0 Å². The van der Waals surface area contributed by atoms with Crippen LogP contribution in [-0.2, 0) is 21.3 Å². The van der Waals surface area contributed by atoms with Gasteiger partial charge in [0.2, 0.25) is 0 Å². The van der Waals surface area contributed by atoms with Gasteiger partial charge in [0, 0.05) is 17.8 Å². The fourth-order valence-electron chi connectivity index (χ4n) is 2.92. The highest BCUT2D eigenvalue weighted by Gasteiger charge is 2.20. The first-order valence-electron chi connectivity index (χ1n) is 9.97. The van der Waals surface area contributed by atoms with Crippen LogP contribution in [0.1, 0.15) is 36.8 Å². The molecule has 0 aliphatic heterocycles. The van der Waals surface area contributed by atoms with E-state index in [1.54, 1.807) is 12.1 Å². The average molecular weight is 518 g/mol. The molecular weight excluding hydrogens is 498 g/mol. The number of sulfonamides is 1. The number of benzene rings is 2. The van der Waals surface area contributed by atoms with E-state index in [0.29, 0.717) is 16.3 Å². The molecule has 0 fully saturated rings. The third-order valence-corrected chi connectivity index (χ3v) is 6.32. The number of ether oxygens (including phenoxy) is 2. The minimum Gasteiger partial charge on any atom is -0.496 e. The van der Waals surface area contributed by atoms with E-state index in [9.17, 15) is 22.8 Å². The Hall–Kier alpha value is -3.96. The summed E-state index contributed by atoms with van der Waals surface area (Å²) in [5.41, 5.74) is 0.795. The number of amides is 2. The largest absolute Gasteiger partial charge is 0.496 e. The summed E-state index contributed by atoms with van der Waals surface area (Å²) in [6, 6.07) is 12.8. The van der Waals surface area contributed by atoms with E-state index in [1.165, 1.54) is 56.7 Å². The van der Waals surface area contributed by atoms with Gasteiger partial charge >= 0.3 is 5.97 Å². The van der Waals surface area contributed by atoms with Crippen LogP contribution >= 0.6 is 11.6 Å². The predicted octanol–water partition coefficient (Wildman–Crippen LogP) is 2.58. The summed E-state index contributed by atoms with van der Waals surface area (Å²) in [7, 11) is -1.56. The molecule has 0 bridgehead atoms. The van der Waals surface area contributed by atoms with Gasteiger partial charge in [-0.3, -0.25) is 9.59 Å². The number of pyridine rings is 1. The Bertz CT molecular complexity index is 1360. The van der Waals surface area contributed by atoms with Crippen LogP contribution in [0.2, 0.25) is 5.02 Å². The summed E-state index contributed by atoms with van der Waals surface area (Å²) in [6.45, 7) is 0.111. The van der Waals surface area contributed by atoms with Gasteiger partial charge < -0.3 is 14.8 Å². The second kappa shape index (κ2) is 11.0. The third kappa shape index (κ3) is 6.34. The van der Waals surface area contributed by atoms with Crippen molar-refractivity contribution in [3.8, 4) is 5.75 Å². The van der Waals surface area contributed by atoms with Gasteiger partial charge in [0.1, 0.15) is 11.4 Å². The van der Waals surface area contributed by atoms with Crippen LogP contribution in [0, 0.1) is 0 Å². The summed E-state index contributed by atoms with van der Waals surface area (Å²) in [6.07, 6.45) is 1.07. The Labute approximate surface area is 206 Å². The molecule has 35 heavy (non-hydrogen) atoms. The standard InChI is InChI=1S/C23H20ClN3O7S/c1-33-20-10-6-16(24)11-18(20)22(29)26-12-14-3-7-17(8-4-14)35(31,32)27-21(28)15-5-9-19(25-13-15)23(30)34-2/h3-11,13H,12H2,1-2H3,(H,26,29)(H,27,28). The van der Waals surface area contributed by atoms with Crippen LogP contribution in [0.3, 0.4) is 0 Å². The highest BCUT2D eigenvalue weighted by atomic mass is 35.5. The van der Waals surface area contributed by atoms with Crippen molar-refractivity contribution in [2.45, 2.75) is 11.4 Å². The number of hydrogen-bond acceptors (Lipinski definition) is 8. The summed E-state index contributed by atoms with van der Waals surface area (Å²) in [5, 5.41) is 3.09. The van der Waals surface area contributed by atoms with Gasteiger partial charge in [-0.25, -0.2) is 22.9 Å². The van der Waals surface area contributed by atoms with E-state index in [1.807, 2.05) is 4.72 Å². The van der Waals surface area contributed by atoms with Gasteiger partial charge in [0.25, 0.3) is 21.8 Å². The Balaban J connectivity index is 1.64. The SMILES string of the molecule is COC(=O)c1ccc(C(=O)NS(=O)(=O)c2ccc(CNC(=O)c3cc(Cl)ccc3OC)cc2)cn1. The van der Waals surface area contributed by atoms with Crippen molar-refractivity contribution in [2.24, 2.45) is 0 Å². The molecule has 0 spiro atoms. The lowest BCUT2D eigenvalue weighted by Gasteiger charge is -2.11. The number of carbonyl (C=O) groups excluding carboxylic acids is 3. The first-order chi connectivity index (χ1) is 16.6. The third-order valence-electron chi connectivity index (χ3n) is 4.74. The van der Waals surface area contributed by atoms with Crippen molar-refractivity contribution in [3.63, 3.8) is 0 Å². The lowest BCUT2D eigenvalue weighted by atomic mass is 10.1. The van der Waals surface area contributed by atoms with E-state index in [0.717, 1.165) is 6.20 Å². The van der Waals surface area contributed by atoms with Crippen LogP contribution in [0.25, 0.3) is 0 Å². The van der Waals surface area contributed by atoms with Crippen molar-refractivity contribution in [2.75, 3.05) is 14.2 Å². The smallest absolute Gasteiger partial charge is 0.356 e. The fourth-order valence-corrected chi connectivity index (χ4v) is 4.06. The predicted molar refractivity (Wildman–Crippen MR) is 126 cm³/mol. The molecule has 12 heteroatoms. The number of carbonyl (C=O) groups is 3. The zero-order valence-corrected chi connectivity index (χ0v) is 20.1. The van der Waals surface area contributed by atoms with Crippen LogP contribution in [0.5, 0.6) is 5.75 Å². The maximum absolute atomic E-state index is 12.6. The van der Waals surface area contributed by atoms with Crippen LogP contribution in [0.4, 0.5) is 0 Å². The van der Waals surface area contributed by atoms with Crippen molar-refractivity contribution >= 4 is 39.4 Å². The topological polar surface area (TPSA) is 141 Å². The van der Waals surface area contributed by atoms with Crippen molar-refractivity contribution in [1.82, 2.24) is 15.0 Å². The number of nitrogens with one attached hydrogen (secondary N) is 2. The molecule has 0 unspecified atom stereocenters. The zero-order valence-electron chi connectivity index (χ0n) is 18.6. The van der Waals surface area contributed by atoms with E-state index in [4.69, 9.17) is 16.3 Å². The van der Waals surface area contributed by atoms with E-state index >= 15 is 0 Å². The Morgan fingerprint density at radius 3 is 2.29 bits per heavy atom. The summed E-state index contributed by atoms with van der Waals surface area (Å²) >= 11 is 5.95. The van der Waals surface area contributed by atoms with E-state index in [-0.39, 0.29) is 28.3 Å². The minimum atomic E-state index is -4.18. The summed E-state index contributed by atoms with van der Waals surface area (Å²) < 4.78 is 36.8. The molecule has 182 valence electrons. The van der Waals surface area contributed by atoms with E-state index in [2.05, 4.69) is 15.0 Å². The van der Waals surface area contributed by atoms with Crippen molar-refractivity contribution in [1.29, 1.82) is 0 Å². The number of rotatable bonds is 8. The van der Waals surface area contributed by atoms with Crippen molar-refractivity contribution in [3.05, 3.63) is 88.2 Å². The second-order valence-corrected chi connectivity index (χ2v) is 9.15. The monoisotopic (exact) mass is 517 g/mol. The molecule has 0 saturated heterocycles. The molecule has 0 saturated carbocycles. The second-order valence-electron chi connectivity index (χ2n) is 7.03. The van der Waals surface area contributed by atoms with Gasteiger partial charge in [-0.05, 0) is 48.0 Å². The summed E-state index contributed by atoms with van der Waals surface area (Å²) in [4.78, 5) is 39.9. The Morgan fingerprint density at radius 2 is 1.69 bits per heavy atom. The van der Waals surface area contributed by atoms with Gasteiger partial charge in [0.05, 0.1) is 30.2 Å². The normalized spacial score (nSPS) is 10.8. The number of esters is 1.